The lowest BCUT2D eigenvalue weighted by molar-refractivity contribution is -0.123. The van der Waals surface area contributed by atoms with Crippen LogP contribution in [0.4, 0.5) is 0 Å². The molecule has 0 aromatic heterocycles. The van der Waals surface area contributed by atoms with E-state index in [1.807, 2.05) is 0 Å². The van der Waals surface area contributed by atoms with Gasteiger partial charge < -0.3 is 11.1 Å². The minimum absolute atomic E-state index is 0.296. The minimum atomic E-state index is 0.296. The molecule has 0 radical (unpaired) electrons. The molecule has 3 saturated carbocycles. The highest BCUT2D eigenvalue weighted by Gasteiger charge is 2.39. The predicted molar refractivity (Wildman–Crippen MR) is 76.5 cm³/mol. The van der Waals surface area contributed by atoms with Crippen LogP contribution in [-0.4, -0.2) is 18.0 Å². The van der Waals surface area contributed by atoms with E-state index in [9.17, 15) is 4.79 Å². The summed E-state index contributed by atoms with van der Waals surface area (Å²) in [5, 5.41) is 3.35. The Morgan fingerprint density at radius 2 is 1.68 bits per heavy atom. The number of hydrogen-bond donors (Lipinski definition) is 2. The van der Waals surface area contributed by atoms with Crippen molar-refractivity contribution in [1.29, 1.82) is 0 Å². The molecule has 3 aliphatic rings. The molecule has 0 saturated heterocycles. The van der Waals surface area contributed by atoms with Crippen molar-refractivity contribution in [2.75, 3.05) is 0 Å². The first kappa shape index (κ1) is 13.4. The Labute approximate surface area is 116 Å². The summed E-state index contributed by atoms with van der Waals surface area (Å²) in [5.74, 6) is 2.43. The van der Waals surface area contributed by atoms with E-state index in [1.54, 1.807) is 0 Å². The molecule has 2 bridgehead atoms. The first-order valence-corrected chi connectivity index (χ1v) is 8.27. The summed E-state index contributed by atoms with van der Waals surface area (Å²) in [6.07, 6.45) is 12.0. The molecular formula is C16H28N2O. The third-order valence-corrected chi connectivity index (χ3v) is 5.71. The van der Waals surface area contributed by atoms with Crippen molar-refractivity contribution < 1.29 is 4.79 Å². The van der Waals surface area contributed by atoms with E-state index >= 15 is 0 Å². The molecule has 1 amide bonds. The smallest absolute Gasteiger partial charge is 0.220 e. The van der Waals surface area contributed by atoms with Crippen molar-refractivity contribution >= 4 is 5.91 Å². The van der Waals surface area contributed by atoms with Crippen molar-refractivity contribution in [3.8, 4) is 0 Å². The highest BCUT2D eigenvalue weighted by molar-refractivity contribution is 5.76. The summed E-state index contributed by atoms with van der Waals surface area (Å²) < 4.78 is 0. The van der Waals surface area contributed by atoms with E-state index in [-0.39, 0.29) is 0 Å². The topological polar surface area (TPSA) is 55.1 Å². The second-order valence-electron chi connectivity index (χ2n) is 7.11. The molecule has 19 heavy (non-hydrogen) atoms. The maximum Gasteiger partial charge on any atom is 0.220 e. The Kier molecular flexibility index (Phi) is 4.11. The Morgan fingerprint density at radius 3 is 2.26 bits per heavy atom. The molecule has 0 heterocycles. The van der Waals surface area contributed by atoms with Crippen LogP contribution >= 0.6 is 0 Å². The van der Waals surface area contributed by atoms with E-state index in [4.69, 9.17) is 5.73 Å². The van der Waals surface area contributed by atoms with Crippen molar-refractivity contribution in [2.24, 2.45) is 23.5 Å². The second kappa shape index (κ2) is 5.82. The largest absolute Gasteiger partial charge is 0.353 e. The van der Waals surface area contributed by atoms with E-state index in [0.29, 0.717) is 29.8 Å². The zero-order valence-corrected chi connectivity index (χ0v) is 11.9. The predicted octanol–water partition coefficient (Wildman–Crippen LogP) is 2.59. The Balaban J connectivity index is 1.49. The van der Waals surface area contributed by atoms with Crippen LogP contribution in [-0.2, 0) is 4.79 Å². The van der Waals surface area contributed by atoms with Gasteiger partial charge >= 0.3 is 0 Å². The molecule has 3 heteroatoms. The van der Waals surface area contributed by atoms with Crippen molar-refractivity contribution in [1.82, 2.24) is 5.32 Å². The number of carbonyl (C=O) groups is 1. The third kappa shape index (κ3) is 3.13. The standard InChI is InChI=1S/C16H28N2O/c17-14-9-12-5-2-6-13(10-14)16(12)18-15(19)8-7-11-3-1-4-11/h11-14,16H,1-10,17H2,(H,18,19). The van der Waals surface area contributed by atoms with E-state index in [0.717, 1.165) is 31.6 Å². The quantitative estimate of drug-likeness (QED) is 0.820. The first-order valence-electron chi connectivity index (χ1n) is 8.27. The first-order chi connectivity index (χ1) is 9.22. The number of nitrogens with two attached hydrogens (primary N) is 1. The van der Waals surface area contributed by atoms with E-state index in [1.165, 1.54) is 38.5 Å². The van der Waals surface area contributed by atoms with Gasteiger partial charge in [-0.1, -0.05) is 25.7 Å². The Morgan fingerprint density at radius 1 is 1.05 bits per heavy atom. The van der Waals surface area contributed by atoms with Gasteiger partial charge in [0.05, 0.1) is 0 Å². The van der Waals surface area contributed by atoms with E-state index in [2.05, 4.69) is 5.32 Å². The van der Waals surface area contributed by atoms with Crippen LogP contribution in [0.3, 0.4) is 0 Å². The molecule has 3 rings (SSSR count). The lowest BCUT2D eigenvalue weighted by Crippen LogP contribution is -2.53. The van der Waals surface area contributed by atoms with Crippen molar-refractivity contribution in [3.05, 3.63) is 0 Å². The van der Waals surface area contributed by atoms with Gasteiger partial charge in [0, 0.05) is 18.5 Å². The van der Waals surface area contributed by atoms with Crippen molar-refractivity contribution in [3.63, 3.8) is 0 Å². The fourth-order valence-corrected chi connectivity index (χ4v) is 4.40. The Bertz CT molecular complexity index is 313. The van der Waals surface area contributed by atoms with Gasteiger partial charge in [0.15, 0.2) is 0 Å². The number of fused-ring (bicyclic) bond motifs is 2. The third-order valence-electron chi connectivity index (χ3n) is 5.71. The molecule has 0 aliphatic heterocycles. The molecule has 2 atom stereocenters. The maximum absolute atomic E-state index is 12.1. The lowest BCUT2D eigenvalue weighted by atomic mass is 9.67. The number of rotatable bonds is 4. The summed E-state index contributed by atoms with van der Waals surface area (Å²) in [6, 6.07) is 0.806. The SMILES string of the molecule is NC1CC2CCCC(C1)C2NC(=O)CCC1CCC1. The van der Waals surface area contributed by atoms with Crippen LogP contribution in [0.1, 0.15) is 64.2 Å². The fraction of sp³-hybridized carbons (Fsp3) is 0.938. The number of nitrogens with one attached hydrogen (secondary N) is 1. The number of amides is 1. The molecule has 108 valence electrons. The zero-order valence-electron chi connectivity index (χ0n) is 11.9. The Hall–Kier alpha value is -0.570. The van der Waals surface area contributed by atoms with Gasteiger partial charge in [0.1, 0.15) is 0 Å². The van der Waals surface area contributed by atoms with Gasteiger partial charge in [-0.3, -0.25) is 4.79 Å². The fourth-order valence-electron chi connectivity index (χ4n) is 4.40. The molecule has 3 nitrogen and oxygen atoms in total. The normalized spacial score (nSPS) is 38.6. The van der Waals surface area contributed by atoms with Gasteiger partial charge in [-0.15, -0.1) is 0 Å². The average Bonchev–Trinajstić information content (AvgIpc) is 2.28. The van der Waals surface area contributed by atoms with Gasteiger partial charge in [0.2, 0.25) is 5.91 Å². The minimum Gasteiger partial charge on any atom is -0.353 e. The maximum atomic E-state index is 12.1. The van der Waals surface area contributed by atoms with Crippen LogP contribution < -0.4 is 11.1 Å². The molecule has 3 N–H and O–H groups in total. The van der Waals surface area contributed by atoms with Gasteiger partial charge in [-0.2, -0.15) is 0 Å². The summed E-state index contributed by atoms with van der Waals surface area (Å²) in [7, 11) is 0. The average molecular weight is 264 g/mol. The molecule has 3 aliphatic carbocycles. The van der Waals surface area contributed by atoms with E-state index < -0.39 is 0 Å². The highest BCUT2D eigenvalue weighted by Crippen LogP contribution is 2.39. The summed E-state index contributed by atoms with van der Waals surface area (Å²) in [4.78, 5) is 12.1. The van der Waals surface area contributed by atoms with Crippen LogP contribution in [0, 0.1) is 17.8 Å². The summed E-state index contributed by atoms with van der Waals surface area (Å²) >= 11 is 0. The molecule has 3 fully saturated rings. The molecule has 0 aromatic rings. The summed E-state index contributed by atoms with van der Waals surface area (Å²) in [5.41, 5.74) is 6.13. The lowest BCUT2D eigenvalue weighted by Gasteiger charge is -2.45. The molecule has 2 unspecified atom stereocenters. The number of carbonyl (C=O) groups excluding carboxylic acids is 1. The molecule has 0 spiro atoms. The van der Waals surface area contributed by atoms with Gasteiger partial charge in [0.25, 0.3) is 0 Å². The summed E-state index contributed by atoms with van der Waals surface area (Å²) in [6.45, 7) is 0. The van der Waals surface area contributed by atoms with Gasteiger partial charge in [-0.25, -0.2) is 0 Å². The van der Waals surface area contributed by atoms with Gasteiger partial charge in [-0.05, 0) is 49.9 Å². The monoisotopic (exact) mass is 264 g/mol. The van der Waals surface area contributed by atoms with Crippen LogP contribution in [0.5, 0.6) is 0 Å². The van der Waals surface area contributed by atoms with Crippen molar-refractivity contribution in [2.45, 2.75) is 76.3 Å². The van der Waals surface area contributed by atoms with Crippen LogP contribution in [0.2, 0.25) is 0 Å². The molecular weight excluding hydrogens is 236 g/mol. The second-order valence-corrected chi connectivity index (χ2v) is 7.11. The highest BCUT2D eigenvalue weighted by atomic mass is 16.1. The molecule has 0 aromatic carbocycles. The van der Waals surface area contributed by atoms with Crippen LogP contribution in [0.25, 0.3) is 0 Å². The number of hydrogen-bond acceptors (Lipinski definition) is 2. The zero-order chi connectivity index (χ0) is 13.2. The van der Waals surface area contributed by atoms with Crippen LogP contribution in [0.15, 0.2) is 0 Å².